The zero-order chi connectivity index (χ0) is 17.6. The quantitative estimate of drug-likeness (QED) is 0.483. The molecule has 1 amide bonds. The Morgan fingerprint density at radius 3 is 2.52 bits per heavy atom. The van der Waals surface area contributed by atoms with Crippen LogP contribution in [0.4, 0.5) is 10.5 Å². The summed E-state index contributed by atoms with van der Waals surface area (Å²) in [4.78, 5) is 32.3. The van der Waals surface area contributed by atoms with Gasteiger partial charge in [0, 0.05) is 25.2 Å². The molecular formula is C15H20N2O6. The average Bonchev–Trinajstić information content (AvgIpc) is 2.45. The van der Waals surface area contributed by atoms with Crippen molar-refractivity contribution in [2.45, 2.75) is 39.3 Å². The van der Waals surface area contributed by atoms with E-state index in [-0.39, 0.29) is 18.3 Å². The maximum atomic E-state index is 12.0. The number of hydrogen-bond donors (Lipinski definition) is 1. The first kappa shape index (κ1) is 18.4. The summed E-state index contributed by atoms with van der Waals surface area (Å²) in [6.07, 6.45) is 0.307. The lowest BCUT2D eigenvalue weighted by Crippen LogP contribution is -2.39. The molecule has 0 saturated carbocycles. The molecule has 1 N–H and O–H groups in total. The van der Waals surface area contributed by atoms with Gasteiger partial charge in [0.2, 0.25) is 0 Å². The van der Waals surface area contributed by atoms with Crippen molar-refractivity contribution in [3.8, 4) is 0 Å². The first-order valence-corrected chi connectivity index (χ1v) is 7.00. The molecule has 0 unspecified atom stereocenters. The van der Waals surface area contributed by atoms with Gasteiger partial charge in [0.1, 0.15) is 5.60 Å². The highest BCUT2D eigenvalue weighted by molar-refractivity contribution is 5.68. The van der Waals surface area contributed by atoms with Gasteiger partial charge in [-0.3, -0.25) is 14.9 Å². The molecule has 0 fully saturated rings. The van der Waals surface area contributed by atoms with Gasteiger partial charge in [-0.15, -0.1) is 0 Å². The molecule has 23 heavy (non-hydrogen) atoms. The van der Waals surface area contributed by atoms with Gasteiger partial charge >= 0.3 is 6.09 Å². The molecule has 0 saturated heterocycles. The van der Waals surface area contributed by atoms with Crippen molar-refractivity contribution in [2.75, 3.05) is 6.54 Å². The monoisotopic (exact) mass is 324 g/mol. The average molecular weight is 324 g/mol. The number of fused-ring (bicyclic) bond motifs is 1. The number of carbonyl (C=O) groups is 2. The highest BCUT2D eigenvalue weighted by Crippen LogP contribution is 2.24. The number of carbonyl (C=O) groups excluding carboxylic acids is 1. The molecule has 1 aromatic carbocycles. The summed E-state index contributed by atoms with van der Waals surface area (Å²) < 4.78 is 5.32. The maximum Gasteiger partial charge on any atom is 0.410 e. The number of carboxylic acid groups (broad SMARTS) is 1. The molecule has 0 atom stereocenters. The van der Waals surface area contributed by atoms with Crippen LogP contribution < -0.4 is 0 Å². The van der Waals surface area contributed by atoms with Crippen LogP contribution in [0.25, 0.3) is 0 Å². The Labute approximate surface area is 133 Å². The molecule has 8 heteroatoms. The van der Waals surface area contributed by atoms with Gasteiger partial charge in [-0.05, 0) is 38.3 Å². The normalized spacial score (nSPS) is 13.3. The molecule has 1 aliphatic rings. The molecule has 2 rings (SSSR count). The maximum absolute atomic E-state index is 12.0. The first-order chi connectivity index (χ1) is 10.7. The van der Waals surface area contributed by atoms with E-state index < -0.39 is 10.5 Å². The van der Waals surface area contributed by atoms with Crippen LogP contribution >= 0.6 is 0 Å². The minimum absolute atomic E-state index is 0.0507. The second-order valence-electron chi connectivity index (χ2n) is 5.97. The molecule has 1 aliphatic heterocycles. The van der Waals surface area contributed by atoms with E-state index in [1.54, 1.807) is 11.0 Å². The number of nitro benzene ring substituents is 1. The number of ether oxygens (including phenoxy) is 1. The number of rotatable bonds is 1. The van der Waals surface area contributed by atoms with Crippen molar-refractivity contribution >= 4 is 18.3 Å². The second kappa shape index (κ2) is 7.57. The smallest absolute Gasteiger partial charge is 0.410 e. The number of hydrogen-bond acceptors (Lipinski definition) is 5. The van der Waals surface area contributed by atoms with E-state index in [4.69, 9.17) is 14.6 Å². The SMILES string of the molecule is CC(C)(C)OC(=O)N1CCc2ccc([N+](=O)[O-])cc2C1.O=CO. The third-order valence-corrected chi connectivity index (χ3v) is 3.06. The third kappa shape index (κ3) is 5.57. The lowest BCUT2D eigenvalue weighted by Gasteiger charge is -2.31. The zero-order valence-corrected chi connectivity index (χ0v) is 13.3. The summed E-state index contributed by atoms with van der Waals surface area (Å²) in [6, 6.07) is 4.80. The molecule has 8 nitrogen and oxygen atoms in total. The number of non-ortho nitro benzene ring substituents is 1. The van der Waals surface area contributed by atoms with Gasteiger partial charge in [0.25, 0.3) is 12.2 Å². The van der Waals surface area contributed by atoms with Crippen LogP contribution in [-0.2, 0) is 22.5 Å². The largest absolute Gasteiger partial charge is 0.483 e. The minimum Gasteiger partial charge on any atom is -0.483 e. The van der Waals surface area contributed by atoms with Gasteiger partial charge in [-0.1, -0.05) is 6.07 Å². The highest BCUT2D eigenvalue weighted by Gasteiger charge is 2.26. The Hall–Kier alpha value is -2.64. The fourth-order valence-corrected chi connectivity index (χ4v) is 2.14. The summed E-state index contributed by atoms with van der Waals surface area (Å²) in [7, 11) is 0. The van der Waals surface area contributed by atoms with Gasteiger partial charge in [0.15, 0.2) is 0 Å². The third-order valence-electron chi connectivity index (χ3n) is 3.06. The fourth-order valence-electron chi connectivity index (χ4n) is 2.14. The van der Waals surface area contributed by atoms with Crippen LogP contribution in [0.5, 0.6) is 0 Å². The highest BCUT2D eigenvalue weighted by atomic mass is 16.6. The number of amides is 1. The van der Waals surface area contributed by atoms with Gasteiger partial charge in [0.05, 0.1) is 4.92 Å². The van der Waals surface area contributed by atoms with Crippen LogP contribution in [0, 0.1) is 10.1 Å². The Kier molecular flexibility index (Phi) is 6.06. The predicted molar refractivity (Wildman–Crippen MR) is 82.1 cm³/mol. The lowest BCUT2D eigenvalue weighted by molar-refractivity contribution is -0.385. The first-order valence-electron chi connectivity index (χ1n) is 7.00. The molecule has 126 valence electrons. The van der Waals surface area contributed by atoms with Crippen LogP contribution in [0.1, 0.15) is 31.9 Å². The van der Waals surface area contributed by atoms with Crippen LogP contribution in [0.15, 0.2) is 18.2 Å². The van der Waals surface area contributed by atoms with E-state index in [0.717, 1.165) is 11.1 Å². The summed E-state index contributed by atoms with van der Waals surface area (Å²) in [5.41, 5.74) is 1.38. The molecule has 0 radical (unpaired) electrons. The van der Waals surface area contributed by atoms with E-state index in [2.05, 4.69) is 0 Å². The molecule has 0 aliphatic carbocycles. The van der Waals surface area contributed by atoms with Crippen molar-refractivity contribution in [3.05, 3.63) is 39.4 Å². The molecule has 1 aromatic rings. The number of nitrogens with zero attached hydrogens (tertiary/aromatic N) is 2. The van der Waals surface area contributed by atoms with Gasteiger partial charge in [-0.2, -0.15) is 0 Å². The van der Waals surface area contributed by atoms with Gasteiger partial charge in [-0.25, -0.2) is 4.79 Å². The van der Waals surface area contributed by atoms with E-state index in [1.165, 1.54) is 12.1 Å². The molecule has 0 aromatic heterocycles. The summed E-state index contributed by atoms with van der Waals surface area (Å²) in [5.74, 6) is 0. The van der Waals surface area contributed by atoms with Crippen molar-refractivity contribution in [1.82, 2.24) is 4.90 Å². The van der Waals surface area contributed by atoms with E-state index in [0.29, 0.717) is 19.5 Å². The van der Waals surface area contributed by atoms with Crippen LogP contribution in [0.3, 0.4) is 0 Å². The Bertz CT molecular complexity index is 594. The summed E-state index contributed by atoms with van der Waals surface area (Å²) in [5, 5.41) is 17.7. The zero-order valence-electron chi connectivity index (χ0n) is 13.3. The number of benzene rings is 1. The van der Waals surface area contributed by atoms with Crippen molar-refractivity contribution in [2.24, 2.45) is 0 Å². The Morgan fingerprint density at radius 1 is 1.39 bits per heavy atom. The fraction of sp³-hybridized carbons (Fsp3) is 0.467. The van der Waals surface area contributed by atoms with Crippen LogP contribution in [0.2, 0.25) is 0 Å². The topological polar surface area (TPSA) is 110 Å². The van der Waals surface area contributed by atoms with Gasteiger partial charge < -0.3 is 14.7 Å². The van der Waals surface area contributed by atoms with E-state index >= 15 is 0 Å². The lowest BCUT2D eigenvalue weighted by atomic mass is 9.99. The molecular weight excluding hydrogens is 304 g/mol. The summed E-state index contributed by atoms with van der Waals surface area (Å²) in [6.45, 7) is 6.11. The van der Waals surface area contributed by atoms with Crippen molar-refractivity contribution in [3.63, 3.8) is 0 Å². The molecule has 0 spiro atoms. The predicted octanol–water partition coefficient (Wildman–Crippen LogP) is 2.59. The van der Waals surface area contributed by atoms with E-state index in [1.807, 2.05) is 20.8 Å². The minimum atomic E-state index is -0.542. The standard InChI is InChI=1S/C14H18N2O4.CH2O2/c1-14(2,3)20-13(17)15-7-6-10-4-5-12(16(18)19)8-11(10)9-15;2-1-3/h4-5,8H,6-7,9H2,1-3H3;1H,(H,2,3). The molecule has 1 heterocycles. The Balaban J connectivity index is 0.000000816. The second-order valence-corrected chi connectivity index (χ2v) is 5.97. The number of nitro groups is 1. The van der Waals surface area contributed by atoms with Crippen molar-refractivity contribution < 1.29 is 24.4 Å². The Morgan fingerprint density at radius 2 is 2.00 bits per heavy atom. The van der Waals surface area contributed by atoms with Crippen LogP contribution in [-0.4, -0.2) is 39.6 Å². The van der Waals surface area contributed by atoms with E-state index in [9.17, 15) is 14.9 Å². The molecule has 0 bridgehead atoms. The summed E-state index contributed by atoms with van der Waals surface area (Å²) >= 11 is 0. The van der Waals surface area contributed by atoms with Crippen molar-refractivity contribution in [1.29, 1.82) is 0 Å².